The molecule has 0 saturated carbocycles. The van der Waals surface area contributed by atoms with E-state index in [1.165, 1.54) is 7.11 Å². The van der Waals surface area contributed by atoms with E-state index in [9.17, 15) is 9.59 Å². The van der Waals surface area contributed by atoms with Crippen molar-refractivity contribution in [2.24, 2.45) is 5.41 Å². The van der Waals surface area contributed by atoms with Gasteiger partial charge in [-0.15, -0.1) is 0 Å². The van der Waals surface area contributed by atoms with Gasteiger partial charge in [0.25, 0.3) is 0 Å². The number of hydrogen-bond acceptors (Lipinski definition) is 5. The Labute approximate surface area is 117 Å². The highest BCUT2D eigenvalue weighted by Gasteiger charge is 2.34. The third-order valence-corrected chi connectivity index (χ3v) is 3.24. The molecule has 1 aliphatic rings. The van der Waals surface area contributed by atoms with Gasteiger partial charge in [-0.1, -0.05) is 25.1 Å². The Morgan fingerprint density at radius 3 is 2.60 bits per heavy atom. The van der Waals surface area contributed by atoms with Gasteiger partial charge in [-0.2, -0.15) is 0 Å². The summed E-state index contributed by atoms with van der Waals surface area (Å²) in [4.78, 5) is 23.4. The SMILES string of the molecule is COC(=O)c1ccccc1CC(=O)OCC1(C)COC1. The van der Waals surface area contributed by atoms with Gasteiger partial charge < -0.3 is 14.2 Å². The topological polar surface area (TPSA) is 61.8 Å². The Morgan fingerprint density at radius 1 is 1.30 bits per heavy atom. The van der Waals surface area contributed by atoms with Gasteiger partial charge in [0, 0.05) is 5.41 Å². The summed E-state index contributed by atoms with van der Waals surface area (Å²) in [5.41, 5.74) is 0.932. The first-order valence-corrected chi connectivity index (χ1v) is 6.44. The van der Waals surface area contributed by atoms with Crippen LogP contribution in [0.4, 0.5) is 0 Å². The van der Waals surface area contributed by atoms with Crippen molar-refractivity contribution < 1.29 is 23.8 Å². The number of hydrogen-bond donors (Lipinski definition) is 0. The minimum atomic E-state index is -0.451. The summed E-state index contributed by atoms with van der Waals surface area (Å²) < 4.78 is 15.0. The zero-order valence-electron chi connectivity index (χ0n) is 11.7. The molecule has 0 radical (unpaired) electrons. The van der Waals surface area contributed by atoms with Crippen LogP contribution in [-0.2, 0) is 25.4 Å². The monoisotopic (exact) mass is 278 g/mol. The normalized spacial score (nSPS) is 16.1. The fraction of sp³-hybridized carbons (Fsp3) is 0.467. The number of esters is 2. The molecule has 1 aromatic carbocycles. The Morgan fingerprint density at radius 2 is 2.00 bits per heavy atom. The molecule has 1 saturated heterocycles. The van der Waals surface area contributed by atoms with Crippen molar-refractivity contribution in [1.29, 1.82) is 0 Å². The van der Waals surface area contributed by atoms with Gasteiger partial charge in [0.05, 0.1) is 32.3 Å². The Kier molecular flexibility index (Phi) is 4.39. The van der Waals surface area contributed by atoms with Crippen molar-refractivity contribution in [3.63, 3.8) is 0 Å². The van der Waals surface area contributed by atoms with Crippen LogP contribution in [0.3, 0.4) is 0 Å². The number of methoxy groups -OCH3 is 1. The molecule has 1 aromatic rings. The van der Waals surface area contributed by atoms with Crippen molar-refractivity contribution in [3.8, 4) is 0 Å². The number of rotatable bonds is 5. The molecule has 0 amide bonds. The predicted molar refractivity (Wildman–Crippen MR) is 71.4 cm³/mol. The van der Waals surface area contributed by atoms with Crippen LogP contribution in [0.2, 0.25) is 0 Å². The summed E-state index contributed by atoms with van der Waals surface area (Å²) in [6, 6.07) is 6.86. The first kappa shape index (κ1) is 14.5. The zero-order chi connectivity index (χ0) is 14.6. The van der Waals surface area contributed by atoms with Crippen LogP contribution < -0.4 is 0 Å². The van der Waals surface area contributed by atoms with Crippen LogP contribution in [0.15, 0.2) is 24.3 Å². The summed E-state index contributed by atoms with van der Waals surface area (Å²) in [5.74, 6) is -0.803. The number of ether oxygens (including phenoxy) is 3. The minimum absolute atomic E-state index is 0.0577. The third kappa shape index (κ3) is 3.36. The first-order chi connectivity index (χ1) is 9.54. The average molecular weight is 278 g/mol. The van der Waals surface area contributed by atoms with E-state index >= 15 is 0 Å². The lowest BCUT2D eigenvalue weighted by Gasteiger charge is -2.37. The maximum absolute atomic E-state index is 11.8. The highest BCUT2D eigenvalue weighted by Crippen LogP contribution is 2.26. The highest BCUT2D eigenvalue weighted by atomic mass is 16.5. The fourth-order valence-corrected chi connectivity index (χ4v) is 1.98. The van der Waals surface area contributed by atoms with E-state index in [1.54, 1.807) is 24.3 Å². The molecule has 0 N–H and O–H groups in total. The van der Waals surface area contributed by atoms with Crippen LogP contribution in [0.5, 0.6) is 0 Å². The van der Waals surface area contributed by atoms with Gasteiger partial charge in [-0.25, -0.2) is 4.79 Å². The molecule has 5 nitrogen and oxygen atoms in total. The van der Waals surface area contributed by atoms with E-state index in [4.69, 9.17) is 14.2 Å². The van der Waals surface area contributed by atoms with E-state index in [2.05, 4.69) is 0 Å². The minimum Gasteiger partial charge on any atom is -0.465 e. The van der Waals surface area contributed by atoms with Crippen LogP contribution >= 0.6 is 0 Å². The molecule has 108 valence electrons. The molecule has 20 heavy (non-hydrogen) atoms. The molecule has 0 unspecified atom stereocenters. The zero-order valence-corrected chi connectivity index (χ0v) is 11.7. The molecule has 1 heterocycles. The smallest absolute Gasteiger partial charge is 0.338 e. The molecular weight excluding hydrogens is 260 g/mol. The van der Waals surface area contributed by atoms with Crippen LogP contribution in [0, 0.1) is 5.41 Å². The number of carbonyl (C=O) groups is 2. The number of benzene rings is 1. The molecule has 1 aliphatic heterocycles. The third-order valence-electron chi connectivity index (χ3n) is 3.24. The van der Waals surface area contributed by atoms with Gasteiger partial charge >= 0.3 is 11.9 Å². The van der Waals surface area contributed by atoms with E-state index in [0.717, 1.165) is 0 Å². The Balaban J connectivity index is 1.95. The van der Waals surface area contributed by atoms with Crippen molar-refractivity contribution in [2.45, 2.75) is 13.3 Å². The largest absolute Gasteiger partial charge is 0.465 e. The standard InChI is InChI=1S/C15H18O5/c1-15(8-19-9-15)10-20-13(16)7-11-5-3-4-6-12(11)14(17)18-2/h3-6H,7-10H2,1-2H3. The van der Waals surface area contributed by atoms with Crippen molar-refractivity contribution >= 4 is 11.9 Å². The summed E-state index contributed by atoms with van der Waals surface area (Å²) in [6.07, 6.45) is 0.0577. The predicted octanol–water partition coefficient (Wildman–Crippen LogP) is 1.60. The Hall–Kier alpha value is -1.88. The fourth-order valence-electron chi connectivity index (χ4n) is 1.98. The van der Waals surface area contributed by atoms with Crippen LogP contribution in [-0.4, -0.2) is 38.9 Å². The molecule has 0 atom stereocenters. The lowest BCUT2D eigenvalue weighted by molar-refractivity contribution is -0.164. The molecule has 5 heteroatoms. The van der Waals surface area contributed by atoms with Crippen molar-refractivity contribution in [2.75, 3.05) is 26.9 Å². The molecule has 2 rings (SSSR count). The maximum Gasteiger partial charge on any atom is 0.338 e. The van der Waals surface area contributed by atoms with Crippen LogP contribution in [0.1, 0.15) is 22.8 Å². The lowest BCUT2D eigenvalue weighted by atomic mass is 9.90. The molecule has 0 aromatic heterocycles. The quantitative estimate of drug-likeness (QED) is 0.765. The van der Waals surface area contributed by atoms with Gasteiger partial charge in [0.2, 0.25) is 0 Å². The van der Waals surface area contributed by atoms with Crippen molar-refractivity contribution in [3.05, 3.63) is 35.4 Å². The molecular formula is C15H18O5. The second kappa shape index (κ2) is 6.05. The van der Waals surface area contributed by atoms with Gasteiger partial charge in [-0.3, -0.25) is 4.79 Å². The first-order valence-electron chi connectivity index (χ1n) is 6.44. The van der Waals surface area contributed by atoms with Gasteiger partial charge in [0.15, 0.2) is 0 Å². The van der Waals surface area contributed by atoms with Crippen LogP contribution in [0.25, 0.3) is 0 Å². The van der Waals surface area contributed by atoms with Gasteiger partial charge in [0.1, 0.15) is 6.61 Å². The molecule has 0 bridgehead atoms. The Bertz CT molecular complexity index is 505. The second-order valence-electron chi connectivity index (χ2n) is 5.29. The summed E-state index contributed by atoms with van der Waals surface area (Å²) in [5, 5.41) is 0. The van der Waals surface area contributed by atoms with E-state index in [-0.39, 0.29) is 17.8 Å². The lowest BCUT2D eigenvalue weighted by Crippen LogP contribution is -2.44. The highest BCUT2D eigenvalue weighted by molar-refractivity contribution is 5.92. The summed E-state index contributed by atoms with van der Waals surface area (Å²) in [6.45, 7) is 3.57. The van der Waals surface area contributed by atoms with E-state index in [0.29, 0.717) is 30.9 Å². The average Bonchev–Trinajstić information content (AvgIpc) is 2.43. The van der Waals surface area contributed by atoms with E-state index in [1.807, 2.05) is 6.92 Å². The van der Waals surface area contributed by atoms with Crippen molar-refractivity contribution in [1.82, 2.24) is 0 Å². The molecule has 0 spiro atoms. The molecule has 1 fully saturated rings. The summed E-state index contributed by atoms with van der Waals surface area (Å²) in [7, 11) is 1.31. The van der Waals surface area contributed by atoms with Gasteiger partial charge in [-0.05, 0) is 11.6 Å². The van der Waals surface area contributed by atoms with E-state index < -0.39 is 5.97 Å². The maximum atomic E-state index is 11.8. The number of carbonyl (C=O) groups excluding carboxylic acids is 2. The summed E-state index contributed by atoms with van der Waals surface area (Å²) >= 11 is 0. The molecule has 0 aliphatic carbocycles. The second-order valence-corrected chi connectivity index (χ2v) is 5.29.